The highest BCUT2D eigenvalue weighted by Crippen LogP contribution is 2.12. The van der Waals surface area contributed by atoms with Crippen molar-refractivity contribution in [3.05, 3.63) is 21.6 Å². The van der Waals surface area contributed by atoms with Crippen LogP contribution in [0.25, 0.3) is 5.78 Å². The Morgan fingerprint density at radius 3 is 2.88 bits per heavy atom. The van der Waals surface area contributed by atoms with Crippen LogP contribution in [0.3, 0.4) is 0 Å². The van der Waals surface area contributed by atoms with Crippen molar-refractivity contribution in [3.63, 3.8) is 0 Å². The maximum atomic E-state index is 12.1. The van der Waals surface area contributed by atoms with Crippen LogP contribution in [0.15, 0.2) is 9.95 Å². The van der Waals surface area contributed by atoms with Gasteiger partial charge in [-0.2, -0.15) is 9.50 Å². The molecule has 0 radical (unpaired) electrons. The normalized spacial score (nSPS) is 11.2. The van der Waals surface area contributed by atoms with Crippen molar-refractivity contribution in [2.45, 2.75) is 25.4 Å². The van der Waals surface area contributed by atoms with E-state index in [1.165, 1.54) is 16.3 Å². The van der Waals surface area contributed by atoms with Gasteiger partial charge in [0, 0.05) is 18.6 Å². The van der Waals surface area contributed by atoms with Crippen LogP contribution in [-0.2, 0) is 6.42 Å². The molecular formula is C10H14N4O2S. The molecule has 7 heteroatoms. The van der Waals surface area contributed by atoms with Crippen LogP contribution in [0.4, 0.5) is 0 Å². The fourth-order valence-corrected chi connectivity index (χ4v) is 2.21. The second-order valence-electron chi connectivity index (χ2n) is 3.55. The van der Waals surface area contributed by atoms with Crippen LogP contribution >= 0.6 is 11.8 Å². The summed E-state index contributed by atoms with van der Waals surface area (Å²) < 4.78 is 1.33. The van der Waals surface area contributed by atoms with Crippen molar-refractivity contribution in [2.75, 3.05) is 12.4 Å². The average Bonchev–Trinajstić information content (AvgIpc) is 2.67. The number of hydrogen-bond acceptors (Lipinski definition) is 5. The summed E-state index contributed by atoms with van der Waals surface area (Å²) in [6.45, 7) is 3.71. The number of thioether (sulfide) groups is 1. The lowest BCUT2D eigenvalue weighted by atomic mass is 10.2. The summed E-state index contributed by atoms with van der Waals surface area (Å²) >= 11 is 1.52. The van der Waals surface area contributed by atoms with Gasteiger partial charge in [-0.25, -0.2) is 4.98 Å². The summed E-state index contributed by atoms with van der Waals surface area (Å²) in [5, 5.41) is 12.5. The third kappa shape index (κ3) is 2.20. The zero-order valence-electron chi connectivity index (χ0n) is 9.73. The standard InChI is InChI=1S/C10H14N4O2S/c1-3-17-10-12-9-11-6(2)7(4-5-15)8(16)14(9)13-10/h15H,3-5H2,1-2H3,(H,11,12,13). The molecule has 0 aliphatic carbocycles. The Morgan fingerprint density at radius 2 is 2.24 bits per heavy atom. The van der Waals surface area contributed by atoms with E-state index >= 15 is 0 Å². The summed E-state index contributed by atoms with van der Waals surface area (Å²) in [7, 11) is 0. The average molecular weight is 254 g/mol. The summed E-state index contributed by atoms with van der Waals surface area (Å²) in [5.74, 6) is 1.25. The van der Waals surface area contributed by atoms with Crippen LogP contribution in [0.1, 0.15) is 18.2 Å². The molecular weight excluding hydrogens is 240 g/mol. The fourth-order valence-electron chi connectivity index (χ4n) is 1.64. The number of nitrogens with one attached hydrogen (secondary N) is 1. The monoisotopic (exact) mass is 254 g/mol. The molecule has 0 unspecified atom stereocenters. The molecule has 0 fully saturated rings. The van der Waals surface area contributed by atoms with Gasteiger partial charge in [0.15, 0.2) is 5.16 Å². The second-order valence-corrected chi connectivity index (χ2v) is 4.80. The van der Waals surface area contributed by atoms with E-state index in [4.69, 9.17) is 5.11 Å². The van der Waals surface area contributed by atoms with Crippen molar-refractivity contribution in [2.24, 2.45) is 0 Å². The molecule has 2 aromatic heterocycles. The van der Waals surface area contributed by atoms with E-state index in [1.54, 1.807) is 6.92 Å². The molecule has 0 amide bonds. The molecule has 2 heterocycles. The minimum absolute atomic E-state index is 0.0610. The van der Waals surface area contributed by atoms with Gasteiger partial charge in [0.1, 0.15) is 0 Å². The summed E-state index contributed by atoms with van der Waals surface area (Å²) in [6.07, 6.45) is 0.315. The van der Waals surface area contributed by atoms with Gasteiger partial charge in [-0.1, -0.05) is 18.7 Å². The summed E-state index contributed by atoms with van der Waals surface area (Å²) in [6, 6.07) is 0. The first-order valence-corrected chi connectivity index (χ1v) is 6.37. The molecule has 92 valence electrons. The Morgan fingerprint density at radius 1 is 1.47 bits per heavy atom. The number of aryl methyl sites for hydroxylation is 1. The van der Waals surface area contributed by atoms with Gasteiger partial charge in [0.2, 0.25) is 0 Å². The summed E-state index contributed by atoms with van der Waals surface area (Å²) in [5.41, 5.74) is 0.974. The lowest BCUT2D eigenvalue weighted by Gasteiger charge is -2.01. The number of aromatic amines is 1. The number of aliphatic hydroxyl groups excluding tert-OH is 1. The first kappa shape index (κ1) is 12.1. The van der Waals surface area contributed by atoms with E-state index in [-0.39, 0.29) is 12.2 Å². The Kier molecular flexibility index (Phi) is 3.49. The maximum Gasteiger partial charge on any atom is 0.277 e. The number of rotatable bonds is 4. The Hall–Kier alpha value is -1.34. The van der Waals surface area contributed by atoms with E-state index in [9.17, 15) is 4.79 Å². The number of hydrogen-bond donors (Lipinski definition) is 2. The largest absolute Gasteiger partial charge is 0.396 e. The number of nitrogens with zero attached hydrogens (tertiary/aromatic N) is 3. The molecule has 0 aromatic carbocycles. The van der Waals surface area contributed by atoms with Gasteiger partial charge in [-0.15, -0.1) is 0 Å². The van der Waals surface area contributed by atoms with E-state index < -0.39 is 0 Å². The highest BCUT2D eigenvalue weighted by atomic mass is 32.2. The van der Waals surface area contributed by atoms with Crippen molar-refractivity contribution >= 4 is 17.5 Å². The van der Waals surface area contributed by atoms with Crippen LogP contribution in [0, 0.1) is 6.92 Å². The van der Waals surface area contributed by atoms with Crippen molar-refractivity contribution in [1.29, 1.82) is 0 Å². The van der Waals surface area contributed by atoms with Gasteiger partial charge in [-0.3, -0.25) is 9.89 Å². The Bertz CT molecular complexity index is 590. The third-order valence-corrected chi connectivity index (χ3v) is 3.16. The lowest BCUT2D eigenvalue weighted by Crippen LogP contribution is -2.22. The molecule has 0 aliphatic heterocycles. The Labute approximate surface area is 102 Å². The van der Waals surface area contributed by atoms with Gasteiger partial charge in [0.25, 0.3) is 11.3 Å². The highest BCUT2D eigenvalue weighted by Gasteiger charge is 2.12. The Balaban J connectivity index is 2.61. The lowest BCUT2D eigenvalue weighted by molar-refractivity contribution is 0.298. The van der Waals surface area contributed by atoms with E-state index in [0.717, 1.165) is 5.75 Å². The van der Waals surface area contributed by atoms with Gasteiger partial charge in [-0.05, 0) is 12.7 Å². The number of H-pyrrole nitrogens is 1. The molecule has 6 nitrogen and oxygen atoms in total. The predicted molar refractivity (Wildman–Crippen MR) is 65.5 cm³/mol. The molecule has 0 saturated carbocycles. The van der Waals surface area contributed by atoms with Gasteiger partial charge in [0.05, 0.1) is 5.69 Å². The molecule has 2 rings (SSSR count). The number of aromatic nitrogens is 4. The molecule has 0 aliphatic rings. The van der Waals surface area contributed by atoms with Crippen molar-refractivity contribution in [3.8, 4) is 0 Å². The van der Waals surface area contributed by atoms with Gasteiger partial charge < -0.3 is 5.11 Å². The molecule has 0 bridgehead atoms. The molecule has 0 saturated heterocycles. The van der Waals surface area contributed by atoms with Crippen molar-refractivity contribution in [1.82, 2.24) is 19.6 Å². The zero-order chi connectivity index (χ0) is 12.4. The summed E-state index contributed by atoms with van der Waals surface area (Å²) in [4.78, 5) is 20.6. The number of aliphatic hydroxyl groups is 1. The van der Waals surface area contributed by atoms with E-state index in [1.807, 2.05) is 6.92 Å². The zero-order valence-corrected chi connectivity index (χ0v) is 10.5. The second kappa shape index (κ2) is 4.89. The predicted octanol–water partition coefficient (Wildman–Crippen LogP) is 0.373. The molecule has 17 heavy (non-hydrogen) atoms. The highest BCUT2D eigenvalue weighted by molar-refractivity contribution is 7.99. The SMILES string of the molecule is CCSc1nc2nc(C)c(CCO)c(=O)n2[nH]1. The molecule has 2 N–H and O–H groups in total. The first-order valence-electron chi connectivity index (χ1n) is 5.39. The molecule has 0 atom stereocenters. The maximum absolute atomic E-state index is 12.1. The first-order chi connectivity index (χ1) is 8.17. The minimum Gasteiger partial charge on any atom is -0.396 e. The van der Waals surface area contributed by atoms with Crippen molar-refractivity contribution < 1.29 is 5.11 Å². The topological polar surface area (TPSA) is 83.3 Å². The van der Waals surface area contributed by atoms with Crippen LogP contribution < -0.4 is 5.56 Å². The molecule has 2 aromatic rings. The quantitative estimate of drug-likeness (QED) is 0.770. The van der Waals surface area contributed by atoms with E-state index in [2.05, 4.69) is 15.1 Å². The van der Waals surface area contributed by atoms with E-state index in [0.29, 0.717) is 28.6 Å². The van der Waals surface area contributed by atoms with Crippen LogP contribution in [0.2, 0.25) is 0 Å². The fraction of sp³-hybridized carbons (Fsp3) is 0.500. The van der Waals surface area contributed by atoms with Crippen LogP contribution in [0.5, 0.6) is 0 Å². The third-order valence-electron chi connectivity index (χ3n) is 2.42. The van der Waals surface area contributed by atoms with Gasteiger partial charge >= 0.3 is 0 Å². The molecule has 0 spiro atoms. The van der Waals surface area contributed by atoms with Crippen LogP contribution in [-0.4, -0.2) is 37.0 Å². The smallest absolute Gasteiger partial charge is 0.277 e. The number of fused-ring (bicyclic) bond motifs is 1. The minimum atomic E-state index is -0.183.